The third-order valence-electron chi connectivity index (χ3n) is 3.09. The van der Waals surface area contributed by atoms with Gasteiger partial charge in [-0.05, 0) is 44.6 Å². The largest absolute Gasteiger partial charge is 0.492 e. The molecular weight excluding hydrogens is 390 g/mol. The van der Waals surface area contributed by atoms with Gasteiger partial charge >= 0.3 is 0 Å². The summed E-state index contributed by atoms with van der Waals surface area (Å²) in [7, 11) is 6.05. The molecule has 0 aliphatic carbocycles. The van der Waals surface area contributed by atoms with Gasteiger partial charge in [-0.1, -0.05) is 53.7 Å². The zero-order valence-corrected chi connectivity index (χ0v) is 21.9. The molecule has 0 saturated carbocycles. The lowest BCUT2D eigenvalue weighted by atomic mass is 10.1. The van der Waals surface area contributed by atoms with Crippen LogP contribution in [0.25, 0.3) is 0 Å². The van der Waals surface area contributed by atoms with E-state index in [1.165, 1.54) is 17.4 Å². The normalized spacial score (nSPS) is 9.35. The van der Waals surface area contributed by atoms with E-state index in [1.807, 2.05) is 74.8 Å². The van der Waals surface area contributed by atoms with Gasteiger partial charge in [-0.2, -0.15) is 0 Å². The fourth-order valence-electron chi connectivity index (χ4n) is 2.02. The molecule has 0 bridgehead atoms. The van der Waals surface area contributed by atoms with Crippen molar-refractivity contribution in [2.24, 2.45) is 11.6 Å². The second-order valence-corrected chi connectivity index (χ2v) is 5.91. The molecule has 0 atom stereocenters. The maximum atomic E-state index is 8.81. The summed E-state index contributed by atoms with van der Waals surface area (Å²) in [4.78, 5) is 10.1. The Kier molecular flexibility index (Phi) is 35.2. The van der Waals surface area contributed by atoms with Crippen molar-refractivity contribution in [2.75, 3.05) is 47.4 Å². The first-order valence-electron chi connectivity index (χ1n) is 11.5. The average molecular weight is 443 g/mol. The van der Waals surface area contributed by atoms with Gasteiger partial charge in [-0.3, -0.25) is 0 Å². The minimum Gasteiger partial charge on any atom is -0.492 e. The zero-order valence-electron chi connectivity index (χ0n) is 21.9. The van der Waals surface area contributed by atoms with Crippen LogP contribution in [0.15, 0.2) is 36.2 Å². The van der Waals surface area contributed by atoms with E-state index in [2.05, 4.69) is 17.4 Å². The Morgan fingerprint density at radius 2 is 1.58 bits per heavy atom. The first-order valence-corrected chi connectivity index (χ1v) is 11.5. The maximum absolute atomic E-state index is 8.81. The van der Waals surface area contributed by atoms with Crippen molar-refractivity contribution in [2.45, 2.75) is 54.9 Å². The highest BCUT2D eigenvalue weighted by atomic mass is 16.5. The van der Waals surface area contributed by atoms with Gasteiger partial charge in [0.25, 0.3) is 0 Å². The summed E-state index contributed by atoms with van der Waals surface area (Å²) in [5.41, 5.74) is 7.94. The molecule has 0 amide bonds. The Labute approximate surface area is 192 Å². The fraction of sp³-hybridized carbons (Fsp3) is 0.625. The summed E-state index contributed by atoms with van der Waals surface area (Å²) < 4.78 is 5.69. The number of hydrogen-bond acceptors (Lipinski definition) is 6. The maximum Gasteiger partial charge on any atom is 0.119 e. The number of ether oxygens (including phenoxy) is 1. The van der Waals surface area contributed by atoms with Gasteiger partial charge < -0.3 is 30.5 Å². The predicted octanol–water partition coefficient (Wildman–Crippen LogP) is 2.23. The van der Waals surface area contributed by atoms with E-state index >= 15 is 0 Å². The summed E-state index contributed by atoms with van der Waals surface area (Å²) in [5, 5.41) is 4.71. The average Bonchev–Trinajstić information content (AvgIpc) is 2.77. The van der Waals surface area contributed by atoms with Crippen LogP contribution in [0.4, 0.5) is 0 Å². The molecule has 6 N–H and O–H groups in total. The summed E-state index contributed by atoms with van der Waals surface area (Å²) in [6.07, 6.45) is 3.53. The van der Waals surface area contributed by atoms with Gasteiger partial charge in [0.15, 0.2) is 0 Å². The predicted molar refractivity (Wildman–Crippen MR) is 136 cm³/mol. The molecule has 184 valence electrons. The summed E-state index contributed by atoms with van der Waals surface area (Å²) >= 11 is 0. The Balaban J connectivity index is -0.000000354. The Morgan fingerprint density at radius 1 is 1.10 bits per heavy atom. The molecular formula is C24H52N5O2+. The number of nitrogens with one attached hydrogen (secondary N) is 2. The first-order chi connectivity index (χ1) is 14.9. The minimum absolute atomic E-state index is 0.519. The molecule has 0 aliphatic rings. The van der Waals surface area contributed by atoms with Crippen LogP contribution < -0.4 is 26.5 Å². The summed E-state index contributed by atoms with van der Waals surface area (Å²) in [6, 6.07) is 8.16. The Bertz CT molecular complexity index is 491. The van der Waals surface area contributed by atoms with Gasteiger partial charge in [-0.25, -0.2) is 5.84 Å². The number of quaternary nitrogens is 1. The lowest BCUT2D eigenvalue weighted by Gasteiger charge is -2.16. The molecule has 1 aromatic carbocycles. The molecule has 0 spiro atoms. The van der Waals surface area contributed by atoms with E-state index in [0.717, 1.165) is 37.2 Å². The second-order valence-electron chi connectivity index (χ2n) is 5.91. The number of rotatable bonds is 10. The molecule has 0 unspecified atom stereocenters. The number of aldehydes is 1. The molecule has 7 nitrogen and oxygen atoms in total. The van der Waals surface area contributed by atoms with Crippen LogP contribution >= 0.6 is 0 Å². The number of benzene rings is 1. The quantitative estimate of drug-likeness (QED) is 0.252. The molecule has 0 radical (unpaired) electrons. The van der Waals surface area contributed by atoms with Gasteiger partial charge in [0.2, 0.25) is 0 Å². The highest BCUT2D eigenvalue weighted by molar-refractivity contribution is 5.44. The molecule has 0 aromatic heterocycles. The van der Waals surface area contributed by atoms with Crippen molar-refractivity contribution in [3.8, 4) is 5.75 Å². The van der Waals surface area contributed by atoms with Gasteiger partial charge in [0.05, 0.1) is 26.3 Å². The lowest BCUT2D eigenvalue weighted by molar-refractivity contribution is -0.853. The summed E-state index contributed by atoms with van der Waals surface area (Å²) in [5.74, 6) is 6.73. The third kappa shape index (κ3) is 27.9. The summed E-state index contributed by atoms with van der Waals surface area (Å²) in [6.45, 7) is 16.3. The number of hydrogen-bond donors (Lipinski definition) is 4. The Morgan fingerprint density at radius 3 is 2.00 bits per heavy atom. The number of nitrogens with zero attached hydrogens (tertiary/aromatic N) is 1. The molecule has 31 heavy (non-hydrogen) atoms. The minimum atomic E-state index is 0.519. The zero-order chi connectivity index (χ0) is 25.1. The van der Waals surface area contributed by atoms with E-state index in [-0.39, 0.29) is 0 Å². The third-order valence-corrected chi connectivity index (χ3v) is 3.09. The van der Waals surface area contributed by atoms with E-state index < -0.39 is 0 Å². The van der Waals surface area contributed by atoms with E-state index in [4.69, 9.17) is 21.1 Å². The molecule has 0 heterocycles. The van der Waals surface area contributed by atoms with E-state index in [1.54, 1.807) is 11.2 Å². The van der Waals surface area contributed by atoms with Crippen LogP contribution in [-0.2, 0) is 11.2 Å². The van der Waals surface area contributed by atoms with Crippen molar-refractivity contribution < 1.29 is 14.4 Å². The lowest BCUT2D eigenvalue weighted by Crippen LogP contribution is -3.06. The van der Waals surface area contributed by atoms with E-state index in [9.17, 15) is 0 Å². The number of likely N-dealkylation sites (N-methyl/N-ethyl adjacent to an activating group) is 2. The van der Waals surface area contributed by atoms with Crippen molar-refractivity contribution in [1.82, 2.24) is 10.3 Å². The van der Waals surface area contributed by atoms with Gasteiger partial charge in [0, 0.05) is 6.20 Å². The molecule has 1 rings (SSSR count). The molecule has 7 heteroatoms. The van der Waals surface area contributed by atoms with E-state index in [0.29, 0.717) is 13.2 Å². The second kappa shape index (κ2) is 30.1. The van der Waals surface area contributed by atoms with Crippen molar-refractivity contribution in [1.29, 1.82) is 0 Å². The highest BCUT2D eigenvalue weighted by Crippen LogP contribution is 2.12. The van der Waals surface area contributed by atoms with Crippen LogP contribution in [0.1, 0.15) is 54.0 Å². The fourth-order valence-corrected chi connectivity index (χ4v) is 2.02. The first kappa shape index (κ1) is 36.3. The monoisotopic (exact) mass is 442 g/mol. The number of carbonyl (C=O) groups excluding carboxylic acids is 1. The van der Waals surface area contributed by atoms with Crippen molar-refractivity contribution in [3.05, 3.63) is 41.7 Å². The van der Waals surface area contributed by atoms with Gasteiger partial charge in [0.1, 0.15) is 25.2 Å². The van der Waals surface area contributed by atoms with Crippen LogP contribution in [0.5, 0.6) is 5.75 Å². The molecule has 0 fully saturated rings. The van der Waals surface area contributed by atoms with Crippen LogP contribution in [-0.4, -0.2) is 58.7 Å². The van der Waals surface area contributed by atoms with Crippen LogP contribution in [0, 0.1) is 0 Å². The molecule has 1 aromatic rings. The number of carbonyl (C=O) groups is 1. The Hall–Kier alpha value is -2.09. The SMILES string of the molecule is CC.CC.CC.CC=O.CNCCc1ccc(OCCN(N)/C=C(\N)C[NH+](C)C)cc1. The smallest absolute Gasteiger partial charge is 0.119 e. The van der Waals surface area contributed by atoms with Crippen LogP contribution in [0.3, 0.4) is 0 Å². The van der Waals surface area contributed by atoms with Crippen molar-refractivity contribution >= 4 is 6.29 Å². The number of hydrazine groups is 1. The molecule has 0 aliphatic heterocycles. The molecule has 0 saturated heterocycles. The standard InChI is InChI=1S/C16H29N5O.C2H4O.3C2H6/c1-19-9-8-14-4-6-16(7-5-14)22-11-10-21(18)13-15(17)12-20(2)3;1-2-3;3*1-2/h4-7,13,19H,8-12,17-18H2,1-3H3;2H,1H3;3*1-2H3/p+1/b15-13-;;;;. The van der Waals surface area contributed by atoms with Crippen LogP contribution in [0.2, 0.25) is 0 Å². The van der Waals surface area contributed by atoms with Crippen molar-refractivity contribution in [3.63, 3.8) is 0 Å². The topological polar surface area (TPSA) is 98.0 Å². The highest BCUT2D eigenvalue weighted by Gasteiger charge is 2.01. The number of nitrogens with two attached hydrogens (primary N) is 2. The van der Waals surface area contributed by atoms with Gasteiger partial charge in [-0.15, -0.1) is 0 Å².